The fourth-order valence-electron chi connectivity index (χ4n) is 4.67. The second kappa shape index (κ2) is 12.9. The van der Waals surface area contributed by atoms with E-state index in [0.29, 0.717) is 11.9 Å². The molecule has 1 aliphatic rings. The van der Waals surface area contributed by atoms with Gasteiger partial charge in [0.15, 0.2) is 23.0 Å². The van der Waals surface area contributed by atoms with Crippen LogP contribution in [0.15, 0.2) is 46.4 Å². The van der Waals surface area contributed by atoms with E-state index in [4.69, 9.17) is 10.5 Å². The lowest BCUT2D eigenvalue weighted by Gasteiger charge is -2.47. The molecule has 4 N–H and O–H groups in total. The number of alkyl halides is 6. The van der Waals surface area contributed by atoms with Crippen molar-refractivity contribution in [3.63, 3.8) is 0 Å². The van der Waals surface area contributed by atoms with E-state index in [-0.39, 0.29) is 33.9 Å². The van der Waals surface area contributed by atoms with E-state index < -0.39 is 53.7 Å². The maximum absolute atomic E-state index is 15.1. The topological polar surface area (TPSA) is 152 Å². The van der Waals surface area contributed by atoms with E-state index in [1.165, 1.54) is 24.3 Å². The lowest BCUT2D eigenvalue weighted by atomic mass is 9.93. The van der Waals surface area contributed by atoms with Crippen LogP contribution in [-0.2, 0) is 12.7 Å². The number of aromatic nitrogens is 5. The summed E-state index contributed by atoms with van der Waals surface area (Å²) >= 11 is 0. The predicted octanol–water partition coefficient (Wildman–Crippen LogP) is 4.28. The smallest absolute Gasteiger partial charge is 0.423 e. The summed E-state index contributed by atoms with van der Waals surface area (Å²) in [6, 6.07) is 4.27. The molecule has 3 aromatic heterocycles. The van der Waals surface area contributed by atoms with Crippen molar-refractivity contribution in [2.45, 2.75) is 50.7 Å². The lowest BCUT2D eigenvalue weighted by Crippen LogP contribution is -2.69. The Morgan fingerprint density at radius 1 is 1.11 bits per heavy atom. The third kappa shape index (κ3) is 6.90. The van der Waals surface area contributed by atoms with Gasteiger partial charge in [0.1, 0.15) is 11.4 Å². The standard InChI is InChI=1S/C23H24F4N4O3.C5H4F3N3O/c1-3-4-5-7-30-8-6-14-9-16(17(24)10-15(14)21(30)32)19-28-11-18(34-2)20(29-19)31-12-22(33,13-31)23(25,26)27;6-5(7,8)3-2(9)1-10-11-4(3)12/h6,8-11,33H,3-5,7,12-13H2,1-2H3;1H,(H3,9,11,12). The van der Waals surface area contributed by atoms with Crippen molar-refractivity contribution in [1.29, 1.82) is 0 Å². The molecule has 248 valence electrons. The number of nitrogens with two attached hydrogens (primary N) is 1. The first-order valence-corrected chi connectivity index (χ1v) is 13.7. The van der Waals surface area contributed by atoms with E-state index in [9.17, 15) is 41.0 Å². The van der Waals surface area contributed by atoms with E-state index >= 15 is 4.39 Å². The summed E-state index contributed by atoms with van der Waals surface area (Å²) < 4.78 is 96.8. The zero-order valence-corrected chi connectivity index (χ0v) is 24.3. The van der Waals surface area contributed by atoms with Gasteiger partial charge in [0.05, 0.1) is 49.2 Å². The number of benzene rings is 1. The summed E-state index contributed by atoms with van der Waals surface area (Å²) in [6.07, 6.45) is -3.07. The van der Waals surface area contributed by atoms with Gasteiger partial charge in [-0.15, -0.1) is 0 Å². The first-order chi connectivity index (χ1) is 21.5. The largest absolute Gasteiger partial charge is 0.491 e. The molecule has 0 aliphatic carbocycles. The molecule has 0 unspecified atom stereocenters. The third-order valence-electron chi connectivity index (χ3n) is 7.17. The van der Waals surface area contributed by atoms with Gasteiger partial charge >= 0.3 is 12.4 Å². The Labute approximate surface area is 255 Å². The average Bonchev–Trinajstić information content (AvgIpc) is 2.95. The van der Waals surface area contributed by atoms with Gasteiger partial charge in [-0.3, -0.25) is 9.59 Å². The molecule has 0 saturated carbocycles. The number of nitrogen functional groups attached to an aromatic ring is 1. The van der Waals surface area contributed by atoms with Crippen LogP contribution in [0.3, 0.4) is 0 Å². The molecule has 4 aromatic rings. The summed E-state index contributed by atoms with van der Waals surface area (Å²) in [5.74, 6) is -0.719. The van der Waals surface area contributed by atoms with Gasteiger partial charge in [-0.1, -0.05) is 19.8 Å². The Morgan fingerprint density at radius 2 is 1.80 bits per heavy atom. The number of aliphatic hydroxyl groups is 1. The number of aryl methyl sites for hydroxylation is 1. The van der Waals surface area contributed by atoms with Crippen LogP contribution in [0.1, 0.15) is 31.7 Å². The van der Waals surface area contributed by atoms with Crippen LogP contribution in [-0.4, -0.2) is 61.8 Å². The number of halogens is 7. The number of nitrogens with zero attached hydrogens (tertiary/aromatic N) is 5. The van der Waals surface area contributed by atoms with Gasteiger partial charge in [-0.2, -0.15) is 31.4 Å². The molecule has 11 nitrogen and oxygen atoms in total. The maximum atomic E-state index is 15.1. The highest BCUT2D eigenvalue weighted by Gasteiger charge is 2.61. The number of pyridine rings is 1. The first-order valence-electron chi connectivity index (χ1n) is 13.7. The SMILES string of the molecule is CCCCCn1ccc2cc(-c3ncc(OC)c(N4CC(O)(C(F)(F)F)C4)n3)c(F)cc2c1=O.Nc1cn[nH]c(=O)c1C(F)(F)F. The highest BCUT2D eigenvalue weighted by molar-refractivity contribution is 5.86. The van der Waals surface area contributed by atoms with Crippen LogP contribution in [0.4, 0.5) is 42.2 Å². The van der Waals surface area contributed by atoms with E-state index in [0.717, 1.165) is 31.5 Å². The highest BCUT2D eigenvalue weighted by Crippen LogP contribution is 2.42. The van der Waals surface area contributed by atoms with Gasteiger partial charge < -0.3 is 25.0 Å². The Hall–Kier alpha value is -4.74. The molecule has 1 aromatic carbocycles. The number of β-amino-alcohol motifs (C(OH)–C–C–N with tert-alkyl or cyclic N) is 1. The number of ether oxygens (including phenoxy) is 1. The van der Waals surface area contributed by atoms with Gasteiger partial charge in [-0.05, 0) is 30.0 Å². The molecule has 5 rings (SSSR count). The maximum Gasteiger partial charge on any atom is 0.423 e. The molecule has 1 aliphatic heterocycles. The van der Waals surface area contributed by atoms with Crippen LogP contribution in [0.25, 0.3) is 22.2 Å². The summed E-state index contributed by atoms with van der Waals surface area (Å²) in [5, 5.41) is 15.2. The molecule has 18 heteroatoms. The summed E-state index contributed by atoms with van der Waals surface area (Å²) in [6.45, 7) is 1.13. The van der Waals surface area contributed by atoms with Crippen LogP contribution in [0.2, 0.25) is 0 Å². The fraction of sp³-hybridized carbons (Fsp3) is 0.393. The molecule has 0 bridgehead atoms. The van der Waals surface area contributed by atoms with Crippen LogP contribution < -0.4 is 26.5 Å². The van der Waals surface area contributed by atoms with Gasteiger partial charge in [0.2, 0.25) is 0 Å². The number of rotatable bonds is 7. The number of unbranched alkanes of at least 4 members (excludes halogenated alkanes) is 2. The van der Waals surface area contributed by atoms with Crippen molar-refractivity contribution >= 4 is 22.3 Å². The zero-order chi connectivity index (χ0) is 34.0. The van der Waals surface area contributed by atoms with Crippen molar-refractivity contribution in [3.8, 4) is 17.1 Å². The molecular formula is C28H28F7N7O4. The Morgan fingerprint density at radius 3 is 2.37 bits per heavy atom. The fourth-order valence-corrected chi connectivity index (χ4v) is 4.67. The first kappa shape index (κ1) is 34.1. The molecule has 0 spiro atoms. The minimum Gasteiger partial charge on any atom is -0.491 e. The van der Waals surface area contributed by atoms with Gasteiger partial charge in [0, 0.05) is 12.7 Å². The van der Waals surface area contributed by atoms with Crippen molar-refractivity contribution in [3.05, 3.63) is 68.9 Å². The Kier molecular flexibility index (Phi) is 9.60. The minimum absolute atomic E-state index is 0.00673. The van der Waals surface area contributed by atoms with Crippen LogP contribution in [0, 0.1) is 5.82 Å². The monoisotopic (exact) mass is 659 g/mol. The molecule has 0 amide bonds. The summed E-state index contributed by atoms with van der Waals surface area (Å²) in [4.78, 5) is 32.8. The predicted molar refractivity (Wildman–Crippen MR) is 153 cm³/mol. The van der Waals surface area contributed by atoms with Gasteiger partial charge in [-0.25, -0.2) is 19.5 Å². The van der Waals surface area contributed by atoms with Crippen molar-refractivity contribution in [2.24, 2.45) is 0 Å². The van der Waals surface area contributed by atoms with E-state index in [1.54, 1.807) is 21.9 Å². The highest BCUT2D eigenvalue weighted by atomic mass is 19.4. The molecule has 4 heterocycles. The van der Waals surface area contributed by atoms with Crippen molar-refractivity contribution in [2.75, 3.05) is 30.8 Å². The Bertz CT molecular complexity index is 1830. The second-order valence-electron chi connectivity index (χ2n) is 10.4. The summed E-state index contributed by atoms with van der Waals surface area (Å²) in [5.41, 5.74) is -1.67. The number of fused-ring (bicyclic) bond motifs is 1. The third-order valence-corrected chi connectivity index (χ3v) is 7.17. The lowest BCUT2D eigenvalue weighted by molar-refractivity contribution is -0.267. The number of methoxy groups -OCH3 is 1. The molecular weight excluding hydrogens is 631 g/mol. The van der Waals surface area contributed by atoms with E-state index in [2.05, 4.69) is 22.0 Å². The molecule has 1 saturated heterocycles. The quantitative estimate of drug-likeness (QED) is 0.195. The minimum atomic E-state index is -4.79. The van der Waals surface area contributed by atoms with E-state index in [1.807, 2.05) is 0 Å². The van der Waals surface area contributed by atoms with Gasteiger partial charge in [0.25, 0.3) is 11.1 Å². The number of nitrogens with one attached hydrogen (secondary N) is 1. The normalized spacial score (nSPS) is 14.4. The number of hydrogen-bond donors (Lipinski definition) is 3. The Balaban J connectivity index is 0.000000337. The molecule has 46 heavy (non-hydrogen) atoms. The number of hydrogen-bond acceptors (Lipinski definition) is 9. The zero-order valence-electron chi connectivity index (χ0n) is 24.3. The number of aromatic amines is 1. The molecule has 1 fully saturated rings. The number of anilines is 2. The van der Waals surface area contributed by atoms with Crippen LogP contribution in [0.5, 0.6) is 5.75 Å². The average molecular weight is 660 g/mol. The van der Waals surface area contributed by atoms with Crippen molar-refractivity contribution in [1.82, 2.24) is 24.7 Å². The molecule has 0 radical (unpaired) electrons. The van der Waals surface area contributed by atoms with Crippen LogP contribution >= 0.6 is 0 Å². The summed E-state index contributed by atoms with van der Waals surface area (Å²) in [7, 11) is 1.31. The second-order valence-corrected chi connectivity index (χ2v) is 10.4. The molecule has 0 atom stereocenters. The van der Waals surface area contributed by atoms with Crippen molar-refractivity contribution < 1.29 is 40.6 Å². The number of H-pyrrole nitrogens is 1.